The maximum Gasteiger partial charge on any atom is 0.122 e. The third-order valence-electron chi connectivity index (χ3n) is 2.63. The lowest BCUT2D eigenvalue weighted by molar-refractivity contribution is 0.414. The average molecular weight is 387 g/mol. The van der Waals surface area contributed by atoms with Gasteiger partial charge in [-0.3, -0.25) is 0 Å². The molecule has 0 spiro atoms. The maximum atomic E-state index is 9.77. The molecule has 2 N–H and O–H groups in total. The van der Waals surface area contributed by atoms with E-state index in [-0.39, 0.29) is 5.75 Å². The number of hydrogen-bond acceptors (Lipinski definition) is 3. The minimum absolute atomic E-state index is 0.276. The molecule has 0 fully saturated rings. The van der Waals surface area contributed by atoms with E-state index >= 15 is 0 Å². The molecule has 0 heterocycles. The summed E-state index contributed by atoms with van der Waals surface area (Å²) in [5.74, 6) is 1.05. The van der Waals surface area contributed by atoms with Crippen LogP contribution in [0, 0.1) is 0 Å². The maximum absolute atomic E-state index is 9.77. The molecule has 2 aromatic carbocycles. The topological polar surface area (TPSA) is 41.5 Å². The lowest BCUT2D eigenvalue weighted by atomic mass is 10.2. The van der Waals surface area contributed by atoms with Crippen LogP contribution in [0.3, 0.4) is 0 Å². The molecular weight excluding hydrogens is 374 g/mol. The van der Waals surface area contributed by atoms with Crippen molar-refractivity contribution in [2.75, 3.05) is 12.4 Å². The Bertz CT molecular complexity index is 588. The van der Waals surface area contributed by atoms with Crippen molar-refractivity contribution in [1.82, 2.24) is 0 Å². The van der Waals surface area contributed by atoms with Crippen LogP contribution in [0.2, 0.25) is 0 Å². The van der Waals surface area contributed by atoms with Crippen molar-refractivity contribution in [2.45, 2.75) is 6.54 Å². The molecule has 3 nitrogen and oxygen atoms in total. The molecular formula is C14H13Br2NO2. The summed E-state index contributed by atoms with van der Waals surface area (Å²) in [6.07, 6.45) is 0. The molecule has 19 heavy (non-hydrogen) atoms. The number of phenolic OH excluding ortho intramolecular Hbond substituents is 1. The highest BCUT2D eigenvalue weighted by Crippen LogP contribution is 2.26. The van der Waals surface area contributed by atoms with E-state index in [1.165, 1.54) is 0 Å². The Labute approximate surface area is 128 Å². The van der Waals surface area contributed by atoms with E-state index in [4.69, 9.17) is 4.74 Å². The Kier molecular flexibility index (Phi) is 4.71. The Balaban J connectivity index is 2.14. The minimum atomic E-state index is 0.276. The normalized spacial score (nSPS) is 10.3. The largest absolute Gasteiger partial charge is 0.508 e. The molecule has 0 aliphatic carbocycles. The summed E-state index contributed by atoms with van der Waals surface area (Å²) in [5, 5.41) is 13.0. The Morgan fingerprint density at radius 1 is 1.11 bits per heavy atom. The van der Waals surface area contributed by atoms with Crippen LogP contribution in [0.15, 0.2) is 45.3 Å². The molecule has 100 valence electrons. The molecule has 2 rings (SSSR count). The van der Waals surface area contributed by atoms with E-state index in [2.05, 4.69) is 37.2 Å². The van der Waals surface area contributed by atoms with Gasteiger partial charge in [-0.05, 0) is 30.3 Å². The van der Waals surface area contributed by atoms with E-state index in [0.717, 1.165) is 25.9 Å². The standard InChI is InChI=1S/C14H13Br2NO2/c1-19-13-6-11(16)5-12(7-13)17-8-9-4-10(15)2-3-14(9)18/h2-7,17-18H,8H2,1H3. The first kappa shape index (κ1) is 14.2. The fourth-order valence-corrected chi connectivity index (χ4v) is 2.56. The van der Waals surface area contributed by atoms with Crippen LogP contribution in [0.4, 0.5) is 5.69 Å². The number of ether oxygens (including phenoxy) is 1. The van der Waals surface area contributed by atoms with Gasteiger partial charge in [0, 0.05) is 32.8 Å². The smallest absolute Gasteiger partial charge is 0.122 e. The molecule has 0 bridgehead atoms. The monoisotopic (exact) mass is 385 g/mol. The van der Waals surface area contributed by atoms with Crippen molar-refractivity contribution in [1.29, 1.82) is 0 Å². The zero-order chi connectivity index (χ0) is 13.8. The van der Waals surface area contributed by atoms with E-state index < -0.39 is 0 Å². The average Bonchev–Trinajstić information content (AvgIpc) is 2.39. The summed E-state index contributed by atoms with van der Waals surface area (Å²) in [4.78, 5) is 0. The quantitative estimate of drug-likeness (QED) is 0.810. The number of phenols is 1. The van der Waals surface area contributed by atoms with Gasteiger partial charge >= 0.3 is 0 Å². The summed E-state index contributed by atoms with van der Waals surface area (Å²) >= 11 is 6.82. The molecule has 0 radical (unpaired) electrons. The highest BCUT2D eigenvalue weighted by molar-refractivity contribution is 9.10. The second kappa shape index (κ2) is 6.30. The van der Waals surface area contributed by atoms with Gasteiger partial charge in [0.05, 0.1) is 7.11 Å². The van der Waals surface area contributed by atoms with Gasteiger partial charge in [0.15, 0.2) is 0 Å². The molecule has 5 heteroatoms. The van der Waals surface area contributed by atoms with Crippen molar-refractivity contribution in [3.63, 3.8) is 0 Å². The molecule has 0 atom stereocenters. The van der Waals surface area contributed by atoms with Gasteiger partial charge in [-0.15, -0.1) is 0 Å². The number of anilines is 1. The fraction of sp³-hybridized carbons (Fsp3) is 0.143. The van der Waals surface area contributed by atoms with Crippen LogP contribution >= 0.6 is 31.9 Å². The Hall–Kier alpha value is -1.20. The first-order valence-electron chi connectivity index (χ1n) is 5.64. The van der Waals surface area contributed by atoms with Gasteiger partial charge in [0.25, 0.3) is 0 Å². The number of nitrogens with one attached hydrogen (secondary N) is 1. The second-order valence-corrected chi connectivity index (χ2v) is 5.84. The number of rotatable bonds is 4. The van der Waals surface area contributed by atoms with Crippen LogP contribution in [-0.2, 0) is 6.54 Å². The van der Waals surface area contributed by atoms with E-state index in [1.54, 1.807) is 19.2 Å². The highest BCUT2D eigenvalue weighted by atomic mass is 79.9. The van der Waals surface area contributed by atoms with Crippen LogP contribution in [-0.4, -0.2) is 12.2 Å². The van der Waals surface area contributed by atoms with Gasteiger partial charge in [0.2, 0.25) is 0 Å². The molecule has 0 saturated carbocycles. The van der Waals surface area contributed by atoms with Gasteiger partial charge in [-0.25, -0.2) is 0 Å². The molecule has 2 aromatic rings. The number of benzene rings is 2. The molecule has 0 aliphatic heterocycles. The predicted molar refractivity (Wildman–Crippen MR) is 83.8 cm³/mol. The first-order valence-corrected chi connectivity index (χ1v) is 7.23. The number of methoxy groups -OCH3 is 1. The molecule has 0 aliphatic rings. The van der Waals surface area contributed by atoms with Crippen molar-refractivity contribution in [3.8, 4) is 11.5 Å². The highest BCUT2D eigenvalue weighted by Gasteiger charge is 2.03. The number of hydrogen-bond donors (Lipinski definition) is 2. The van der Waals surface area contributed by atoms with E-state index in [0.29, 0.717) is 6.54 Å². The summed E-state index contributed by atoms with van der Waals surface area (Å²) in [7, 11) is 1.63. The number of halogens is 2. The zero-order valence-corrected chi connectivity index (χ0v) is 13.5. The van der Waals surface area contributed by atoms with Gasteiger partial charge in [0.1, 0.15) is 11.5 Å². The zero-order valence-electron chi connectivity index (χ0n) is 10.3. The SMILES string of the molecule is COc1cc(Br)cc(NCc2cc(Br)ccc2O)c1. The van der Waals surface area contributed by atoms with Gasteiger partial charge in [-0.1, -0.05) is 31.9 Å². The second-order valence-electron chi connectivity index (χ2n) is 4.01. The van der Waals surface area contributed by atoms with Gasteiger partial charge < -0.3 is 15.2 Å². The van der Waals surface area contributed by atoms with Crippen LogP contribution in [0.1, 0.15) is 5.56 Å². The molecule has 0 unspecified atom stereocenters. The summed E-state index contributed by atoms with van der Waals surface area (Å²) in [6.45, 7) is 0.533. The van der Waals surface area contributed by atoms with Crippen molar-refractivity contribution >= 4 is 37.5 Å². The third kappa shape index (κ3) is 3.88. The van der Waals surface area contributed by atoms with Crippen molar-refractivity contribution < 1.29 is 9.84 Å². The molecule has 0 aromatic heterocycles. The summed E-state index contributed by atoms with van der Waals surface area (Å²) < 4.78 is 7.08. The van der Waals surface area contributed by atoms with Gasteiger partial charge in [-0.2, -0.15) is 0 Å². The lowest BCUT2D eigenvalue weighted by Gasteiger charge is -2.10. The Morgan fingerprint density at radius 2 is 1.89 bits per heavy atom. The minimum Gasteiger partial charge on any atom is -0.508 e. The summed E-state index contributed by atoms with van der Waals surface area (Å²) in [6, 6.07) is 11.1. The van der Waals surface area contributed by atoms with Crippen LogP contribution in [0.5, 0.6) is 11.5 Å². The van der Waals surface area contributed by atoms with E-state index in [1.807, 2.05) is 24.3 Å². The van der Waals surface area contributed by atoms with Crippen molar-refractivity contribution in [2.24, 2.45) is 0 Å². The fourth-order valence-electron chi connectivity index (χ4n) is 1.68. The third-order valence-corrected chi connectivity index (χ3v) is 3.58. The van der Waals surface area contributed by atoms with Crippen molar-refractivity contribution in [3.05, 3.63) is 50.9 Å². The van der Waals surface area contributed by atoms with Crippen LogP contribution < -0.4 is 10.1 Å². The van der Waals surface area contributed by atoms with E-state index in [9.17, 15) is 5.11 Å². The Morgan fingerprint density at radius 3 is 2.63 bits per heavy atom. The predicted octanol–water partition coefficient (Wildman–Crippen LogP) is 4.54. The number of aromatic hydroxyl groups is 1. The first-order chi connectivity index (χ1) is 9.08. The summed E-state index contributed by atoms with van der Waals surface area (Å²) in [5.41, 5.74) is 1.75. The lowest BCUT2D eigenvalue weighted by Crippen LogP contribution is -2.00. The molecule has 0 amide bonds. The molecule has 0 saturated heterocycles. The van der Waals surface area contributed by atoms with Crippen LogP contribution in [0.25, 0.3) is 0 Å².